The molecule has 2 aromatic heterocycles. The summed E-state index contributed by atoms with van der Waals surface area (Å²) in [5.41, 5.74) is 0.356. The van der Waals surface area contributed by atoms with Crippen LogP contribution in [0.5, 0.6) is 0 Å². The first-order valence-corrected chi connectivity index (χ1v) is 9.60. The van der Waals surface area contributed by atoms with Crippen LogP contribution in [0.3, 0.4) is 0 Å². The van der Waals surface area contributed by atoms with Gasteiger partial charge in [0, 0.05) is 11.5 Å². The van der Waals surface area contributed by atoms with Crippen molar-refractivity contribution in [2.45, 2.75) is 51.4 Å². The highest BCUT2D eigenvalue weighted by Gasteiger charge is 2.32. The largest absolute Gasteiger partial charge is 0.416 e. The summed E-state index contributed by atoms with van der Waals surface area (Å²) in [6, 6.07) is 5.29. The van der Waals surface area contributed by atoms with Crippen LogP contribution in [0.4, 0.5) is 13.2 Å². The number of H-pyrrole nitrogens is 1. The summed E-state index contributed by atoms with van der Waals surface area (Å²) in [4.78, 5) is 14.3. The van der Waals surface area contributed by atoms with E-state index in [1.165, 1.54) is 6.07 Å². The van der Waals surface area contributed by atoms with Gasteiger partial charge in [-0.25, -0.2) is 4.98 Å². The Bertz CT molecular complexity index is 978. The second kappa shape index (κ2) is 7.62. The number of aromatic nitrogens is 4. The lowest BCUT2D eigenvalue weighted by Crippen LogP contribution is -2.24. The fraction of sp³-hybridized carbons (Fsp3) is 0.450. The van der Waals surface area contributed by atoms with E-state index in [0.29, 0.717) is 29.5 Å². The summed E-state index contributed by atoms with van der Waals surface area (Å²) < 4.78 is 44.3. The van der Waals surface area contributed by atoms with Gasteiger partial charge in [-0.3, -0.25) is 4.90 Å². The second-order valence-electron chi connectivity index (χ2n) is 7.59. The maximum Gasteiger partial charge on any atom is 0.416 e. The van der Waals surface area contributed by atoms with Gasteiger partial charge in [0.2, 0.25) is 5.89 Å². The Morgan fingerprint density at radius 3 is 2.86 bits per heavy atom. The fourth-order valence-electron chi connectivity index (χ4n) is 3.59. The van der Waals surface area contributed by atoms with Gasteiger partial charge in [-0.15, -0.1) is 0 Å². The molecule has 0 radical (unpaired) electrons. The third kappa shape index (κ3) is 4.19. The van der Waals surface area contributed by atoms with E-state index in [4.69, 9.17) is 4.52 Å². The number of alkyl halides is 3. The summed E-state index contributed by atoms with van der Waals surface area (Å²) in [5.74, 6) is 2.15. The molecule has 0 spiro atoms. The average Bonchev–Trinajstić information content (AvgIpc) is 3.42. The molecular formula is C20H22F3N5O. The van der Waals surface area contributed by atoms with Crippen molar-refractivity contribution in [3.63, 3.8) is 0 Å². The van der Waals surface area contributed by atoms with E-state index in [-0.39, 0.29) is 12.0 Å². The van der Waals surface area contributed by atoms with Gasteiger partial charge in [-0.1, -0.05) is 31.1 Å². The quantitative estimate of drug-likeness (QED) is 0.651. The molecule has 6 nitrogen and oxygen atoms in total. The molecule has 0 aliphatic carbocycles. The van der Waals surface area contributed by atoms with E-state index in [1.807, 2.05) is 13.8 Å². The molecule has 1 saturated heterocycles. The maximum absolute atomic E-state index is 13.0. The van der Waals surface area contributed by atoms with Crippen molar-refractivity contribution in [3.05, 3.63) is 53.6 Å². The van der Waals surface area contributed by atoms with Crippen LogP contribution in [0.1, 0.15) is 61.8 Å². The number of imidazole rings is 1. The highest BCUT2D eigenvalue weighted by molar-refractivity contribution is 5.59. The Morgan fingerprint density at radius 1 is 1.31 bits per heavy atom. The second-order valence-corrected chi connectivity index (χ2v) is 7.59. The van der Waals surface area contributed by atoms with Gasteiger partial charge in [0.1, 0.15) is 5.82 Å². The predicted molar refractivity (Wildman–Crippen MR) is 99.8 cm³/mol. The van der Waals surface area contributed by atoms with Gasteiger partial charge in [0.25, 0.3) is 0 Å². The number of aromatic amines is 1. The van der Waals surface area contributed by atoms with Crippen molar-refractivity contribution in [1.82, 2.24) is 25.0 Å². The van der Waals surface area contributed by atoms with Crippen molar-refractivity contribution in [2.24, 2.45) is 0 Å². The topological polar surface area (TPSA) is 70.8 Å². The number of likely N-dealkylation sites (tertiary alicyclic amines) is 1. The van der Waals surface area contributed by atoms with Gasteiger partial charge < -0.3 is 9.51 Å². The average molecular weight is 405 g/mol. The summed E-state index contributed by atoms with van der Waals surface area (Å²) >= 11 is 0. The van der Waals surface area contributed by atoms with Gasteiger partial charge in [0.15, 0.2) is 5.82 Å². The third-order valence-corrected chi connectivity index (χ3v) is 5.10. The lowest BCUT2D eigenvalue weighted by molar-refractivity contribution is -0.137. The predicted octanol–water partition coefficient (Wildman–Crippen LogP) is 4.94. The molecule has 0 saturated carbocycles. The van der Waals surface area contributed by atoms with Crippen molar-refractivity contribution >= 4 is 0 Å². The van der Waals surface area contributed by atoms with Crippen LogP contribution in [0, 0.1) is 0 Å². The molecule has 4 rings (SSSR count). The zero-order chi connectivity index (χ0) is 20.6. The SMILES string of the molecule is CC(C)c1nc(CN2CCC[C@@H]2c2ncc(-c3cccc(C(F)(F)F)c3)[nH]2)no1. The smallest absolute Gasteiger partial charge is 0.341 e. The number of rotatable bonds is 5. The first-order chi connectivity index (χ1) is 13.8. The summed E-state index contributed by atoms with van der Waals surface area (Å²) in [7, 11) is 0. The Hall–Kier alpha value is -2.68. The molecule has 0 amide bonds. The summed E-state index contributed by atoms with van der Waals surface area (Å²) in [5, 5.41) is 4.05. The van der Waals surface area contributed by atoms with Crippen LogP contribution in [0.25, 0.3) is 11.3 Å². The summed E-state index contributed by atoms with van der Waals surface area (Å²) in [6.45, 7) is 5.40. The number of benzene rings is 1. The number of nitrogens with zero attached hydrogens (tertiary/aromatic N) is 4. The van der Waals surface area contributed by atoms with Crippen molar-refractivity contribution in [1.29, 1.82) is 0 Å². The molecule has 0 unspecified atom stereocenters. The number of nitrogens with one attached hydrogen (secondary N) is 1. The van der Waals surface area contributed by atoms with E-state index in [2.05, 4.69) is 25.0 Å². The molecule has 9 heteroatoms. The van der Waals surface area contributed by atoms with E-state index in [1.54, 1.807) is 12.3 Å². The Labute approximate surface area is 166 Å². The van der Waals surface area contributed by atoms with E-state index >= 15 is 0 Å². The zero-order valence-corrected chi connectivity index (χ0v) is 16.2. The van der Waals surface area contributed by atoms with Crippen molar-refractivity contribution < 1.29 is 17.7 Å². The highest BCUT2D eigenvalue weighted by Crippen LogP contribution is 2.34. The van der Waals surface area contributed by atoms with Crippen molar-refractivity contribution in [2.75, 3.05) is 6.54 Å². The Kier molecular flexibility index (Phi) is 5.16. The third-order valence-electron chi connectivity index (χ3n) is 5.10. The molecule has 1 N–H and O–H groups in total. The van der Waals surface area contributed by atoms with Crippen LogP contribution in [-0.2, 0) is 12.7 Å². The Morgan fingerprint density at radius 2 is 2.14 bits per heavy atom. The standard InChI is InChI=1S/C20H22F3N5O/c1-12(2)19-26-17(27-29-19)11-28-8-4-7-16(28)18-24-10-15(25-18)13-5-3-6-14(9-13)20(21,22)23/h3,5-6,9-10,12,16H,4,7-8,11H2,1-2H3,(H,24,25)/t16-/m1/s1. The van der Waals surface area contributed by atoms with Crippen LogP contribution in [0.2, 0.25) is 0 Å². The van der Waals surface area contributed by atoms with Gasteiger partial charge >= 0.3 is 6.18 Å². The molecule has 1 aromatic carbocycles. The minimum atomic E-state index is -4.37. The number of hydrogen-bond donors (Lipinski definition) is 1. The zero-order valence-electron chi connectivity index (χ0n) is 16.2. The maximum atomic E-state index is 13.0. The van der Waals surface area contributed by atoms with Crippen LogP contribution < -0.4 is 0 Å². The van der Waals surface area contributed by atoms with Gasteiger partial charge in [-0.2, -0.15) is 18.2 Å². The first-order valence-electron chi connectivity index (χ1n) is 9.60. The van der Waals surface area contributed by atoms with Crippen LogP contribution >= 0.6 is 0 Å². The molecule has 1 aliphatic rings. The summed E-state index contributed by atoms with van der Waals surface area (Å²) in [6.07, 6.45) is -0.878. The molecule has 3 aromatic rings. The number of halogens is 3. The lowest BCUT2D eigenvalue weighted by Gasteiger charge is -2.21. The van der Waals surface area contributed by atoms with Crippen LogP contribution in [0.15, 0.2) is 35.0 Å². The molecule has 1 atom stereocenters. The fourth-order valence-corrected chi connectivity index (χ4v) is 3.59. The van der Waals surface area contributed by atoms with Gasteiger partial charge in [-0.05, 0) is 31.5 Å². The van der Waals surface area contributed by atoms with Crippen molar-refractivity contribution in [3.8, 4) is 11.3 Å². The molecule has 3 heterocycles. The molecule has 29 heavy (non-hydrogen) atoms. The molecular weight excluding hydrogens is 383 g/mol. The van der Waals surface area contributed by atoms with Crippen LogP contribution in [-0.4, -0.2) is 31.6 Å². The minimum Gasteiger partial charge on any atom is -0.341 e. The normalized spacial score (nSPS) is 18.1. The Balaban J connectivity index is 1.52. The lowest BCUT2D eigenvalue weighted by atomic mass is 10.1. The molecule has 1 aliphatic heterocycles. The highest BCUT2D eigenvalue weighted by atomic mass is 19.4. The monoisotopic (exact) mass is 405 g/mol. The first kappa shape index (κ1) is 19.6. The van der Waals surface area contributed by atoms with E-state index < -0.39 is 11.7 Å². The van der Waals surface area contributed by atoms with E-state index in [9.17, 15) is 13.2 Å². The minimum absolute atomic E-state index is 0.0375. The van der Waals surface area contributed by atoms with E-state index in [0.717, 1.165) is 37.3 Å². The molecule has 1 fully saturated rings. The molecule has 154 valence electrons. The number of hydrogen-bond acceptors (Lipinski definition) is 5. The van der Waals surface area contributed by atoms with Gasteiger partial charge in [0.05, 0.1) is 30.0 Å². The molecule has 0 bridgehead atoms.